The second-order valence-corrected chi connectivity index (χ2v) is 4.67. The van der Waals surface area contributed by atoms with Crippen molar-refractivity contribution in [1.82, 2.24) is 4.90 Å². The summed E-state index contributed by atoms with van der Waals surface area (Å²) in [5.74, 6) is -0.576. The molecule has 0 spiro atoms. The number of carbonyl (C=O) groups is 2. The van der Waals surface area contributed by atoms with Gasteiger partial charge < -0.3 is 9.47 Å². The molecule has 1 heterocycles. The molecule has 1 unspecified atom stereocenters. The first kappa shape index (κ1) is 14.5. The monoisotopic (exact) mass is 277 g/mol. The van der Waals surface area contributed by atoms with Crippen LogP contribution in [0.4, 0.5) is 0 Å². The van der Waals surface area contributed by atoms with Gasteiger partial charge in [0.05, 0.1) is 19.8 Å². The summed E-state index contributed by atoms with van der Waals surface area (Å²) in [6.07, 6.45) is 0.616. The van der Waals surface area contributed by atoms with Gasteiger partial charge in [0.15, 0.2) is 0 Å². The molecule has 1 aromatic carbocycles. The Balaban J connectivity index is 2.07. The Morgan fingerprint density at radius 3 is 2.75 bits per heavy atom. The third-order valence-corrected chi connectivity index (χ3v) is 3.21. The third-order valence-electron chi connectivity index (χ3n) is 3.21. The van der Waals surface area contributed by atoms with Crippen molar-refractivity contribution >= 4 is 11.9 Å². The highest BCUT2D eigenvalue weighted by atomic mass is 16.5. The van der Waals surface area contributed by atoms with Crippen molar-refractivity contribution in [2.45, 2.75) is 25.9 Å². The minimum absolute atomic E-state index is 0.0997. The molecule has 1 fully saturated rings. The zero-order valence-electron chi connectivity index (χ0n) is 11.6. The van der Waals surface area contributed by atoms with Crippen molar-refractivity contribution in [2.24, 2.45) is 0 Å². The lowest BCUT2D eigenvalue weighted by Gasteiger charge is -2.25. The second kappa shape index (κ2) is 7.05. The van der Waals surface area contributed by atoms with Gasteiger partial charge in [-0.25, -0.2) is 0 Å². The Bertz CT molecular complexity index is 460. The number of nitrogens with zero attached hydrogens (tertiary/aromatic N) is 1. The van der Waals surface area contributed by atoms with Crippen LogP contribution >= 0.6 is 0 Å². The molecule has 0 N–H and O–H groups in total. The lowest BCUT2D eigenvalue weighted by Crippen LogP contribution is -2.41. The summed E-state index contributed by atoms with van der Waals surface area (Å²) < 4.78 is 9.97. The lowest BCUT2D eigenvalue weighted by atomic mass is 10.1. The van der Waals surface area contributed by atoms with E-state index in [-0.39, 0.29) is 24.5 Å². The highest BCUT2D eigenvalue weighted by molar-refractivity contribution is 5.79. The summed E-state index contributed by atoms with van der Waals surface area (Å²) >= 11 is 0. The van der Waals surface area contributed by atoms with Crippen molar-refractivity contribution in [3.8, 4) is 0 Å². The van der Waals surface area contributed by atoms with E-state index in [1.165, 1.54) is 0 Å². The fraction of sp³-hybridized carbons (Fsp3) is 0.467. The second-order valence-electron chi connectivity index (χ2n) is 4.67. The zero-order valence-corrected chi connectivity index (χ0v) is 11.6. The average Bonchev–Trinajstić information content (AvgIpc) is 2.86. The van der Waals surface area contributed by atoms with Crippen LogP contribution in [-0.2, 0) is 25.6 Å². The minimum Gasteiger partial charge on any atom is -0.465 e. The number of rotatable bonds is 6. The van der Waals surface area contributed by atoms with Gasteiger partial charge in [-0.15, -0.1) is 0 Å². The van der Waals surface area contributed by atoms with Crippen LogP contribution in [0.15, 0.2) is 30.3 Å². The highest BCUT2D eigenvalue weighted by Crippen LogP contribution is 2.17. The van der Waals surface area contributed by atoms with Gasteiger partial charge in [-0.3, -0.25) is 14.5 Å². The van der Waals surface area contributed by atoms with Gasteiger partial charge in [-0.05, 0) is 12.5 Å². The molecule has 108 valence electrons. The fourth-order valence-corrected chi connectivity index (χ4v) is 2.28. The quantitative estimate of drug-likeness (QED) is 0.735. The van der Waals surface area contributed by atoms with E-state index in [2.05, 4.69) is 0 Å². The van der Waals surface area contributed by atoms with E-state index >= 15 is 0 Å². The molecular formula is C15H19NO4. The van der Waals surface area contributed by atoms with Gasteiger partial charge in [0.25, 0.3) is 0 Å². The summed E-state index contributed by atoms with van der Waals surface area (Å²) in [7, 11) is 0. The number of esters is 2. The Morgan fingerprint density at radius 2 is 2.15 bits per heavy atom. The van der Waals surface area contributed by atoms with Crippen molar-refractivity contribution in [3.05, 3.63) is 35.9 Å². The Labute approximate surface area is 118 Å². The van der Waals surface area contributed by atoms with Crippen LogP contribution in [0, 0.1) is 0 Å². The standard InChI is InChI=1S/C15H19NO4/c1-2-19-14(17)11-16(13-8-9-20-15(13)18)10-12-6-4-3-5-7-12/h3-7,13H,2,8-11H2,1H3. The van der Waals surface area contributed by atoms with Crippen LogP contribution < -0.4 is 0 Å². The molecule has 0 amide bonds. The third kappa shape index (κ3) is 3.81. The lowest BCUT2D eigenvalue weighted by molar-refractivity contribution is -0.148. The summed E-state index contributed by atoms with van der Waals surface area (Å²) in [6, 6.07) is 9.38. The molecule has 1 saturated heterocycles. The van der Waals surface area contributed by atoms with Gasteiger partial charge in [-0.1, -0.05) is 30.3 Å². The molecule has 5 heteroatoms. The molecule has 1 aliphatic rings. The number of hydrogen-bond acceptors (Lipinski definition) is 5. The zero-order chi connectivity index (χ0) is 14.4. The first-order valence-corrected chi connectivity index (χ1v) is 6.81. The summed E-state index contributed by atoms with van der Waals surface area (Å²) in [5.41, 5.74) is 1.05. The largest absolute Gasteiger partial charge is 0.465 e. The van der Waals surface area contributed by atoms with Crippen molar-refractivity contribution in [3.63, 3.8) is 0 Å². The topological polar surface area (TPSA) is 55.8 Å². The van der Waals surface area contributed by atoms with Gasteiger partial charge in [0, 0.05) is 13.0 Å². The Hall–Kier alpha value is -1.88. The van der Waals surface area contributed by atoms with E-state index in [9.17, 15) is 9.59 Å². The average molecular weight is 277 g/mol. The minimum atomic E-state index is -0.361. The number of cyclic esters (lactones) is 1. The maximum Gasteiger partial charge on any atom is 0.323 e. The van der Waals surface area contributed by atoms with E-state index in [1.54, 1.807) is 6.92 Å². The Kier molecular flexibility index (Phi) is 5.12. The maximum absolute atomic E-state index is 11.7. The van der Waals surface area contributed by atoms with Gasteiger partial charge in [0.2, 0.25) is 0 Å². The summed E-state index contributed by atoms with van der Waals surface area (Å²) in [5, 5.41) is 0. The van der Waals surface area contributed by atoms with Crippen LogP contribution in [0.3, 0.4) is 0 Å². The predicted octanol–water partition coefficient (Wildman–Crippen LogP) is 1.37. The predicted molar refractivity (Wildman–Crippen MR) is 72.8 cm³/mol. The van der Waals surface area contributed by atoms with Gasteiger partial charge in [0.1, 0.15) is 6.04 Å². The maximum atomic E-state index is 11.7. The highest BCUT2D eigenvalue weighted by Gasteiger charge is 2.33. The molecule has 1 aromatic rings. The molecule has 0 aliphatic carbocycles. The molecule has 0 aromatic heterocycles. The molecule has 1 atom stereocenters. The molecule has 1 aliphatic heterocycles. The Morgan fingerprint density at radius 1 is 1.40 bits per heavy atom. The number of ether oxygens (including phenoxy) is 2. The van der Waals surface area contributed by atoms with Gasteiger partial charge in [-0.2, -0.15) is 0 Å². The van der Waals surface area contributed by atoms with E-state index in [1.807, 2.05) is 35.2 Å². The molecule has 5 nitrogen and oxygen atoms in total. The van der Waals surface area contributed by atoms with Crippen molar-refractivity contribution < 1.29 is 19.1 Å². The molecule has 20 heavy (non-hydrogen) atoms. The van der Waals surface area contributed by atoms with E-state index in [0.29, 0.717) is 26.2 Å². The molecular weight excluding hydrogens is 258 g/mol. The first-order valence-electron chi connectivity index (χ1n) is 6.81. The van der Waals surface area contributed by atoms with E-state index < -0.39 is 0 Å². The van der Waals surface area contributed by atoms with Crippen molar-refractivity contribution in [2.75, 3.05) is 19.8 Å². The van der Waals surface area contributed by atoms with Crippen LogP contribution in [-0.4, -0.2) is 42.6 Å². The van der Waals surface area contributed by atoms with Crippen LogP contribution in [0.25, 0.3) is 0 Å². The normalized spacial score (nSPS) is 18.1. The molecule has 2 rings (SSSR count). The number of carbonyl (C=O) groups excluding carboxylic acids is 2. The molecule has 0 bridgehead atoms. The molecule has 0 saturated carbocycles. The van der Waals surface area contributed by atoms with E-state index in [4.69, 9.17) is 9.47 Å². The fourth-order valence-electron chi connectivity index (χ4n) is 2.28. The number of benzene rings is 1. The van der Waals surface area contributed by atoms with Crippen molar-refractivity contribution in [1.29, 1.82) is 0 Å². The first-order chi connectivity index (χ1) is 9.70. The summed E-state index contributed by atoms with van der Waals surface area (Å²) in [4.78, 5) is 25.2. The van der Waals surface area contributed by atoms with E-state index in [0.717, 1.165) is 5.56 Å². The molecule has 0 radical (unpaired) electrons. The van der Waals surface area contributed by atoms with Crippen LogP contribution in [0.5, 0.6) is 0 Å². The number of hydrogen-bond donors (Lipinski definition) is 0. The summed E-state index contributed by atoms with van der Waals surface area (Å²) in [6.45, 7) is 3.15. The smallest absolute Gasteiger partial charge is 0.323 e. The van der Waals surface area contributed by atoms with Crippen LogP contribution in [0.1, 0.15) is 18.9 Å². The van der Waals surface area contributed by atoms with Crippen LogP contribution in [0.2, 0.25) is 0 Å². The SMILES string of the molecule is CCOC(=O)CN(Cc1ccccc1)C1CCOC1=O. The van der Waals surface area contributed by atoms with Gasteiger partial charge >= 0.3 is 11.9 Å².